The second kappa shape index (κ2) is 10.7. The van der Waals surface area contributed by atoms with Gasteiger partial charge in [-0.25, -0.2) is 18.6 Å². The smallest absolute Gasteiger partial charge is 0.337 e. The molecule has 192 valence electrons. The van der Waals surface area contributed by atoms with Gasteiger partial charge in [-0.2, -0.15) is 0 Å². The molecule has 4 aromatic rings. The van der Waals surface area contributed by atoms with Gasteiger partial charge >= 0.3 is 5.97 Å². The van der Waals surface area contributed by atoms with Crippen LogP contribution in [0.3, 0.4) is 0 Å². The molecule has 0 saturated carbocycles. The highest BCUT2D eigenvalue weighted by molar-refractivity contribution is 5.93. The molecular formula is C28H26F2N2O5. The summed E-state index contributed by atoms with van der Waals surface area (Å²) in [6.07, 6.45) is 1.17. The molecule has 0 radical (unpaired) electrons. The average molecular weight is 509 g/mol. The molecule has 9 heteroatoms. The number of hydrogen-bond donors (Lipinski definition) is 0. The van der Waals surface area contributed by atoms with E-state index in [1.807, 2.05) is 4.57 Å². The van der Waals surface area contributed by atoms with E-state index in [0.29, 0.717) is 46.7 Å². The van der Waals surface area contributed by atoms with Crippen molar-refractivity contribution in [3.8, 4) is 16.9 Å². The first-order valence-corrected chi connectivity index (χ1v) is 11.9. The van der Waals surface area contributed by atoms with Crippen molar-refractivity contribution in [1.82, 2.24) is 9.55 Å². The van der Waals surface area contributed by atoms with Crippen molar-refractivity contribution in [1.29, 1.82) is 0 Å². The molecule has 0 unspecified atom stereocenters. The highest BCUT2D eigenvalue weighted by atomic mass is 19.1. The van der Waals surface area contributed by atoms with E-state index < -0.39 is 17.6 Å². The maximum absolute atomic E-state index is 15.4. The van der Waals surface area contributed by atoms with Crippen molar-refractivity contribution in [2.75, 3.05) is 27.6 Å². The maximum atomic E-state index is 15.4. The summed E-state index contributed by atoms with van der Waals surface area (Å²) in [6, 6.07) is 14.4. The molecule has 1 fully saturated rings. The summed E-state index contributed by atoms with van der Waals surface area (Å²) < 4.78 is 52.5. The Hall–Kier alpha value is -3.82. The number of methoxy groups -OCH3 is 2. The van der Waals surface area contributed by atoms with E-state index >= 15 is 4.39 Å². The van der Waals surface area contributed by atoms with Crippen LogP contribution in [0.25, 0.3) is 22.2 Å². The largest absolute Gasteiger partial charge is 0.465 e. The number of halogens is 2. The first-order valence-electron chi connectivity index (χ1n) is 11.9. The number of ether oxygens (including phenoxy) is 4. The normalized spacial score (nSPS) is 15.0. The van der Waals surface area contributed by atoms with Crippen LogP contribution < -0.4 is 4.74 Å². The van der Waals surface area contributed by atoms with Crippen LogP contribution in [0.15, 0.2) is 54.6 Å². The first-order chi connectivity index (χ1) is 18.0. The fraction of sp³-hybridized carbons (Fsp3) is 0.286. The number of benzene rings is 3. The molecule has 1 aliphatic heterocycles. The number of para-hydroxylation sites is 1. The quantitative estimate of drug-likeness (QED) is 0.231. The van der Waals surface area contributed by atoms with Crippen LogP contribution in [0.1, 0.15) is 28.2 Å². The lowest BCUT2D eigenvalue weighted by atomic mass is 10.0. The van der Waals surface area contributed by atoms with Gasteiger partial charge in [-0.15, -0.1) is 0 Å². The molecule has 3 aromatic carbocycles. The second-order valence-electron chi connectivity index (χ2n) is 8.77. The molecule has 7 nitrogen and oxygen atoms in total. The molecule has 0 bridgehead atoms. The van der Waals surface area contributed by atoms with E-state index in [-0.39, 0.29) is 25.1 Å². The SMILES string of the molecule is COCOc1c(F)cccc1-c1ccc(Cc2nc3ccc(C(=O)OC)cc3n2C[C@@H]2CCO2)c(F)c1. The molecule has 1 aromatic heterocycles. The summed E-state index contributed by atoms with van der Waals surface area (Å²) in [7, 11) is 2.77. The van der Waals surface area contributed by atoms with Gasteiger partial charge in [0, 0.05) is 25.7 Å². The van der Waals surface area contributed by atoms with Gasteiger partial charge in [-0.05, 0) is 47.9 Å². The predicted molar refractivity (Wildman–Crippen MR) is 133 cm³/mol. The molecule has 0 N–H and O–H groups in total. The molecule has 37 heavy (non-hydrogen) atoms. The summed E-state index contributed by atoms with van der Waals surface area (Å²) in [5.41, 5.74) is 3.19. The molecule has 1 saturated heterocycles. The first kappa shape index (κ1) is 24.9. The molecule has 1 atom stereocenters. The number of imidazole rings is 1. The molecule has 0 amide bonds. The van der Waals surface area contributed by atoms with E-state index in [0.717, 1.165) is 11.9 Å². The van der Waals surface area contributed by atoms with E-state index in [4.69, 9.17) is 23.9 Å². The van der Waals surface area contributed by atoms with Gasteiger partial charge in [0.2, 0.25) is 0 Å². The van der Waals surface area contributed by atoms with Gasteiger partial charge < -0.3 is 23.5 Å². The minimum absolute atomic E-state index is 0.000186. The predicted octanol–water partition coefficient (Wildman–Crippen LogP) is 5.13. The number of fused-ring (bicyclic) bond motifs is 1. The minimum Gasteiger partial charge on any atom is -0.465 e. The van der Waals surface area contributed by atoms with Crippen LogP contribution in [0, 0.1) is 11.6 Å². The fourth-order valence-electron chi connectivity index (χ4n) is 4.42. The Morgan fingerprint density at radius 3 is 2.65 bits per heavy atom. The number of aromatic nitrogens is 2. The number of rotatable bonds is 9. The number of carbonyl (C=O) groups excluding carboxylic acids is 1. The van der Waals surface area contributed by atoms with Crippen molar-refractivity contribution in [3.05, 3.63) is 83.2 Å². The zero-order chi connectivity index (χ0) is 25.9. The molecule has 1 aliphatic rings. The number of carbonyl (C=O) groups is 1. The van der Waals surface area contributed by atoms with Crippen LogP contribution in [0.2, 0.25) is 0 Å². The van der Waals surface area contributed by atoms with Gasteiger partial charge in [0.25, 0.3) is 0 Å². The Labute approximate surface area is 212 Å². The van der Waals surface area contributed by atoms with Gasteiger partial charge in [-0.3, -0.25) is 0 Å². The van der Waals surface area contributed by atoms with Gasteiger partial charge in [0.05, 0.1) is 36.4 Å². The third kappa shape index (κ3) is 5.05. The van der Waals surface area contributed by atoms with Crippen molar-refractivity contribution in [2.24, 2.45) is 0 Å². The zero-order valence-electron chi connectivity index (χ0n) is 20.5. The Kier molecular flexibility index (Phi) is 7.16. The van der Waals surface area contributed by atoms with Crippen LogP contribution >= 0.6 is 0 Å². The highest BCUT2D eigenvalue weighted by Crippen LogP contribution is 2.34. The lowest BCUT2D eigenvalue weighted by Gasteiger charge is -2.27. The monoisotopic (exact) mass is 508 g/mol. The third-order valence-corrected chi connectivity index (χ3v) is 6.43. The molecule has 2 heterocycles. The summed E-state index contributed by atoms with van der Waals surface area (Å²) in [4.78, 5) is 16.8. The average Bonchev–Trinajstić information content (AvgIpc) is 3.22. The van der Waals surface area contributed by atoms with E-state index in [9.17, 15) is 9.18 Å². The number of esters is 1. The van der Waals surface area contributed by atoms with Gasteiger partial charge in [0.15, 0.2) is 18.4 Å². The van der Waals surface area contributed by atoms with E-state index in [1.165, 1.54) is 26.4 Å². The number of hydrogen-bond acceptors (Lipinski definition) is 6. The van der Waals surface area contributed by atoms with Crippen molar-refractivity contribution in [3.63, 3.8) is 0 Å². The van der Waals surface area contributed by atoms with Crippen molar-refractivity contribution in [2.45, 2.75) is 25.5 Å². The summed E-state index contributed by atoms with van der Waals surface area (Å²) in [5, 5.41) is 0. The topological polar surface area (TPSA) is 71.8 Å². The van der Waals surface area contributed by atoms with Crippen LogP contribution in [0.4, 0.5) is 8.78 Å². The van der Waals surface area contributed by atoms with Crippen molar-refractivity contribution >= 4 is 17.0 Å². The molecular weight excluding hydrogens is 482 g/mol. The lowest BCUT2D eigenvalue weighted by molar-refractivity contribution is -0.0589. The zero-order valence-corrected chi connectivity index (χ0v) is 20.5. The van der Waals surface area contributed by atoms with Crippen LogP contribution in [-0.4, -0.2) is 49.2 Å². The Bertz CT molecular complexity index is 1450. The second-order valence-corrected chi connectivity index (χ2v) is 8.77. The standard InChI is InChI=1S/C28H26F2N2O5/c1-34-16-37-27-21(4-3-5-22(27)29)17-6-7-18(23(30)12-17)14-26-31-24-9-8-19(28(33)35-2)13-25(24)32(26)15-20-10-11-36-20/h3-9,12-13,20H,10-11,14-16H2,1-2H3/t20-/m0/s1. The molecule has 5 rings (SSSR count). The molecule has 0 spiro atoms. The summed E-state index contributed by atoms with van der Waals surface area (Å²) >= 11 is 0. The summed E-state index contributed by atoms with van der Waals surface area (Å²) in [6.45, 7) is 1.11. The number of nitrogens with zero attached hydrogens (tertiary/aromatic N) is 2. The van der Waals surface area contributed by atoms with Crippen LogP contribution in [0.5, 0.6) is 5.75 Å². The Morgan fingerprint density at radius 2 is 1.95 bits per heavy atom. The van der Waals surface area contributed by atoms with Crippen LogP contribution in [-0.2, 0) is 27.2 Å². The maximum Gasteiger partial charge on any atom is 0.337 e. The fourth-order valence-corrected chi connectivity index (χ4v) is 4.42. The van der Waals surface area contributed by atoms with Gasteiger partial charge in [-0.1, -0.05) is 24.3 Å². The van der Waals surface area contributed by atoms with Crippen molar-refractivity contribution < 1.29 is 32.5 Å². The Morgan fingerprint density at radius 1 is 1.11 bits per heavy atom. The molecule has 0 aliphatic carbocycles. The minimum atomic E-state index is -0.558. The highest BCUT2D eigenvalue weighted by Gasteiger charge is 2.23. The summed E-state index contributed by atoms with van der Waals surface area (Å²) in [5.74, 6) is -0.802. The van der Waals surface area contributed by atoms with E-state index in [2.05, 4.69) is 0 Å². The lowest BCUT2D eigenvalue weighted by Crippen LogP contribution is -2.31. The van der Waals surface area contributed by atoms with Gasteiger partial charge in [0.1, 0.15) is 11.6 Å². The Balaban J connectivity index is 1.49. The third-order valence-electron chi connectivity index (χ3n) is 6.43. The van der Waals surface area contributed by atoms with E-state index in [1.54, 1.807) is 42.5 Å².